The predicted octanol–water partition coefficient (Wildman–Crippen LogP) is 2.63. The molecule has 1 fully saturated rings. The predicted molar refractivity (Wildman–Crippen MR) is 46.4 cm³/mol. The monoisotopic (exact) mass is 150 g/mol. The lowest BCUT2D eigenvalue weighted by Gasteiger charge is -1.88. The van der Waals surface area contributed by atoms with E-state index in [1.165, 1.54) is 31.3 Å². The Bertz CT molecular complexity index is 191. The molecule has 0 aromatic heterocycles. The van der Waals surface area contributed by atoms with Crippen molar-refractivity contribution >= 4 is 5.78 Å². The highest BCUT2D eigenvalue weighted by Gasteiger charge is 2.03. The molecule has 1 nitrogen and oxygen atoms in total. The highest BCUT2D eigenvalue weighted by molar-refractivity contribution is 5.87. The average Bonchev–Trinajstić information content (AvgIpc) is 2.39. The van der Waals surface area contributed by atoms with Crippen molar-refractivity contribution in [3.05, 3.63) is 23.8 Å². The van der Waals surface area contributed by atoms with Gasteiger partial charge in [-0.15, -0.1) is 0 Å². The molecule has 0 aromatic carbocycles. The van der Waals surface area contributed by atoms with Crippen LogP contribution in [0.5, 0.6) is 0 Å². The van der Waals surface area contributed by atoms with Gasteiger partial charge in [0.2, 0.25) is 0 Å². The van der Waals surface area contributed by atoms with Gasteiger partial charge in [-0.1, -0.05) is 17.7 Å². The smallest absolute Gasteiger partial charge is 0.152 e. The third kappa shape index (κ3) is 3.17. The second-order valence-electron chi connectivity index (χ2n) is 3.00. The topological polar surface area (TPSA) is 17.1 Å². The molecule has 11 heavy (non-hydrogen) atoms. The van der Waals surface area contributed by atoms with Crippen LogP contribution in [-0.2, 0) is 4.79 Å². The maximum absolute atomic E-state index is 10.5. The van der Waals surface area contributed by atoms with E-state index in [0.29, 0.717) is 0 Å². The summed E-state index contributed by atoms with van der Waals surface area (Å²) in [6, 6.07) is 0. The first-order chi connectivity index (χ1) is 5.29. The van der Waals surface area contributed by atoms with Crippen LogP contribution >= 0.6 is 0 Å². The minimum absolute atomic E-state index is 0.125. The van der Waals surface area contributed by atoms with Gasteiger partial charge in [0.15, 0.2) is 5.78 Å². The number of hydrogen-bond donors (Lipinski definition) is 0. The third-order valence-corrected chi connectivity index (χ3v) is 1.91. The number of carbonyl (C=O) groups is 1. The van der Waals surface area contributed by atoms with Crippen molar-refractivity contribution < 1.29 is 4.79 Å². The second-order valence-corrected chi connectivity index (χ2v) is 3.00. The van der Waals surface area contributed by atoms with Gasteiger partial charge in [-0.2, -0.15) is 0 Å². The third-order valence-electron chi connectivity index (χ3n) is 1.91. The maximum Gasteiger partial charge on any atom is 0.152 e. The van der Waals surface area contributed by atoms with Crippen LogP contribution in [0.15, 0.2) is 23.8 Å². The zero-order valence-corrected chi connectivity index (χ0v) is 6.97. The summed E-state index contributed by atoms with van der Waals surface area (Å²) in [5.41, 5.74) is 1.49. The van der Waals surface area contributed by atoms with Crippen molar-refractivity contribution in [1.29, 1.82) is 0 Å². The van der Waals surface area contributed by atoms with Crippen LogP contribution in [0.25, 0.3) is 0 Å². The largest absolute Gasteiger partial charge is 0.295 e. The lowest BCUT2D eigenvalue weighted by Crippen LogP contribution is -1.78. The molecule has 0 atom stereocenters. The summed E-state index contributed by atoms with van der Waals surface area (Å²) in [4.78, 5) is 10.5. The lowest BCUT2D eigenvalue weighted by molar-refractivity contribution is -0.112. The Morgan fingerprint density at radius 3 is 2.55 bits per heavy atom. The van der Waals surface area contributed by atoms with Gasteiger partial charge >= 0.3 is 0 Å². The van der Waals surface area contributed by atoms with Gasteiger partial charge in [0.25, 0.3) is 0 Å². The maximum atomic E-state index is 10.5. The Balaban J connectivity index is 2.39. The van der Waals surface area contributed by atoms with E-state index < -0.39 is 0 Å². The number of carbonyl (C=O) groups excluding carboxylic acids is 1. The van der Waals surface area contributed by atoms with Gasteiger partial charge in [-0.05, 0) is 38.7 Å². The number of allylic oxidation sites excluding steroid dienone is 4. The zero-order chi connectivity index (χ0) is 8.10. The number of rotatable bonds is 2. The normalized spacial score (nSPS) is 17.7. The fourth-order valence-electron chi connectivity index (χ4n) is 1.32. The second kappa shape index (κ2) is 4.12. The molecule has 0 unspecified atom stereocenters. The highest BCUT2D eigenvalue weighted by Crippen LogP contribution is 2.23. The molecule has 0 aliphatic heterocycles. The van der Waals surface area contributed by atoms with Crippen molar-refractivity contribution in [2.45, 2.75) is 32.6 Å². The first kappa shape index (κ1) is 8.25. The Labute approximate surface area is 67.8 Å². The van der Waals surface area contributed by atoms with E-state index in [2.05, 4.69) is 6.08 Å². The average molecular weight is 150 g/mol. The van der Waals surface area contributed by atoms with Crippen molar-refractivity contribution in [1.82, 2.24) is 0 Å². The van der Waals surface area contributed by atoms with Crippen LogP contribution in [-0.4, -0.2) is 5.78 Å². The summed E-state index contributed by atoms with van der Waals surface area (Å²) in [5, 5.41) is 0. The minimum Gasteiger partial charge on any atom is -0.295 e. The van der Waals surface area contributed by atoms with Gasteiger partial charge < -0.3 is 0 Å². The van der Waals surface area contributed by atoms with Crippen LogP contribution < -0.4 is 0 Å². The van der Waals surface area contributed by atoms with E-state index in [1.807, 2.05) is 6.08 Å². The Kier molecular flexibility index (Phi) is 3.09. The van der Waals surface area contributed by atoms with E-state index in [9.17, 15) is 4.79 Å². The fourth-order valence-corrected chi connectivity index (χ4v) is 1.32. The van der Waals surface area contributed by atoms with Crippen molar-refractivity contribution in [2.75, 3.05) is 0 Å². The van der Waals surface area contributed by atoms with Crippen LogP contribution in [0.4, 0.5) is 0 Å². The summed E-state index contributed by atoms with van der Waals surface area (Å²) in [6.45, 7) is 1.57. The van der Waals surface area contributed by atoms with Crippen molar-refractivity contribution in [3.63, 3.8) is 0 Å². The molecule has 1 saturated carbocycles. The summed E-state index contributed by atoms with van der Waals surface area (Å²) < 4.78 is 0. The molecule has 1 rings (SSSR count). The summed E-state index contributed by atoms with van der Waals surface area (Å²) in [6.07, 6.45) is 10.6. The fraction of sp³-hybridized carbons (Fsp3) is 0.500. The Morgan fingerprint density at radius 2 is 2.00 bits per heavy atom. The van der Waals surface area contributed by atoms with Gasteiger partial charge in [0.05, 0.1) is 0 Å². The molecule has 1 aliphatic rings. The molecule has 0 N–H and O–H groups in total. The highest BCUT2D eigenvalue weighted by atomic mass is 16.1. The van der Waals surface area contributed by atoms with Crippen LogP contribution in [0.1, 0.15) is 32.6 Å². The molecule has 1 heteroatoms. The number of hydrogen-bond acceptors (Lipinski definition) is 1. The quantitative estimate of drug-likeness (QED) is 0.553. The van der Waals surface area contributed by atoms with Crippen LogP contribution in [0.2, 0.25) is 0 Å². The van der Waals surface area contributed by atoms with Crippen molar-refractivity contribution in [2.24, 2.45) is 0 Å². The summed E-state index contributed by atoms with van der Waals surface area (Å²) >= 11 is 0. The first-order valence-corrected chi connectivity index (χ1v) is 4.16. The molecular formula is C10H14O. The number of ketones is 1. The van der Waals surface area contributed by atoms with Crippen molar-refractivity contribution in [3.8, 4) is 0 Å². The molecule has 0 aromatic rings. The molecule has 0 radical (unpaired) electrons. The molecule has 0 bridgehead atoms. The van der Waals surface area contributed by atoms with E-state index >= 15 is 0 Å². The minimum atomic E-state index is 0.125. The molecule has 0 spiro atoms. The molecule has 0 amide bonds. The molecule has 0 heterocycles. The van der Waals surface area contributed by atoms with E-state index in [4.69, 9.17) is 0 Å². The molecule has 60 valence electrons. The first-order valence-electron chi connectivity index (χ1n) is 4.16. The van der Waals surface area contributed by atoms with E-state index in [-0.39, 0.29) is 5.78 Å². The molecular weight excluding hydrogens is 136 g/mol. The lowest BCUT2D eigenvalue weighted by atomic mass is 10.2. The van der Waals surface area contributed by atoms with Gasteiger partial charge in [-0.25, -0.2) is 0 Å². The zero-order valence-electron chi connectivity index (χ0n) is 6.97. The van der Waals surface area contributed by atoms with Gasteiger partial charge in [0, 0.05) is 0 Å². The standard InChI is InChI=1S/C10H14O/c1-9(11)5-4-8-10-6-2-3-7-10/h4-5,8H,2-3,6-7H2,1H3/b5-4+. The Morgan fingerprint density at radius 1 is 1.36 bits per heavy atom. The van der Waals surface area contributed by atoms with Crippen LogP contribution in [0.3, 0.4) is 0 Å². The van der Waals surface area contributed by atoms with E-state index in [1.54, 1.807) is 13.0 Å². The molecule has 1 aliphatic carbocycles. The van der Waals surface area contributed by atoms with Gasteiger partial charge in [-0.3, -0.25) is 4.79 Å². The van der Waals surface area contributed by atoms with Crippen LogP contribution in [0, 0.1) is 0 Å². The SMILES string of the molecule is CC(=O)/C=C/C=C1CCCC1. The van der Waals surface area contributed by atoms with Gasteiger partial charge in [0.1, 0.15) is 0 Å². The van der Waals surface area contributed by atoms with E-state index in [0.717, 1.165) is 0 Å². The molecule has 0 saturated heterocycles. The summed E-state index contributed by atoms with van der Waals surface area (Å²) in [5.74, 6) is 0.125. The Hall–Kier alpha value is -0.850. The summed E-state index contributed by atoms with van der Waals surface area (Å²) in [7, 11) is 0.